The number of amides is 1. The van der Waals surface area contributed by atoms with Crippen molar-refractivity contribution >= 4 is 11.6 Å². The van der Waals surface area contributed by atoms with Gasteiger partial charge < -0.3 is 19.3 Å². The number of nitrogens with zero attached hydrogens (tertiary/aromatic N) is 3. The number of piperidine rings is 1. The number of rotatable bonds is 7. The van der Waals surface area contributed by atoms with Crippen LogP contribution in [0.2, 0.25) is 0 Å². The van der Waals surface area contributed by atoms with Crippen molar-refractivity contribution < 1.29 is 18.8 Å². The SMILES string of the molecule is COc1ccc(-c2noc(CN3CCC[C@H](C(=O)Nc4ccccc4C)C3)n2)cc1OC. The number of nitrogens with one attached hydrogen (secondary N) is 1. The predicted octanol–water partition coefficient (Wildman–Crippen LogP) is 3.91. The maximum absolute atomic E-state index is 12.8. The molecule has 4 rings (SSSR count). The highest BCUT2D eigenvalue weighted by Crippen LogP contribution is 2.31. The molecule has 1 aliphatic heterocycles. The number of ether oxygens (including phenoxy) is 2. The van der Waals surface area contributed by atoms with Gasteiger partial charge in [0.1, 0.15) is 0 Å². The first-order valence-corrected chi connectivity index (χ1v) is 10.7. The maximum Gasteiger partial charge on any atom is 0.241 e. The number of hydrogen-bond donors (Lipinski definition) is 1. The fourth-order valence-electron chi connectivity index (χ4n) is 3.96. The summed E-state index contributed by atoms with van der Waals surface area (Å²) in [6.45, 7) is 4.05. The Balaban J connectivity index is 1.39. The second kappa shape index (κ2) is 9.82. The number of likely N-dealkylation sites (tertiary alicyclic amines) is 1. The van der Waals surface area contributed by atoms with Crippen LogP contribution in [0.4, 0.5) is 5.69 Å². The number of benzene rings is 2. The molecule has 0 unspecified atom stereocenters. The second-order valence-electron chi connectivity index (χ2n) is 7.96. The van der Waals surface area contributed by atoms with Gasteiger partial charge in [-0.25, -0.2) is 0 Å². The van der Waals surface area contributed by atoms with Gasteiger partial charge in [-0.3, -0.25) is 9.69 Å². The van der Waals surface area contributed by atoms with Crippen molar-refractivity contribution in [1.82, 2.24) is 15.0 Å². The Bertz CT molecular complexity index is 1080. The normalized spacial score (nSPS) is 16.5. The number of carbonyl (C=O) groups is 1. The lowest BCUT2D eigenvalue weighted by molar-refractivity contribution is -0.121. The molecule has 1 fully saturated rings. The molecule has 1 saturated heterocycles. The molecular formula is C24H28N4O4. The van der Waals surface area contributed by atoms with Gasteiger partial charge in [-0.05, 0) is 56.1 Å². The van der Waals surface area contributed by atoms with E-state index in [1.807, 2.05) is 49.4 Å². The van der Waals surface area contributed by atoms with Crippen molar-refractivity contribution in [2.24, 2.45) is 5.92 Å². The van der Waals surface area contributed by atoms with Gasteiger partial charge in [-0.1, -0.05) is 23.4 Å². The summed E-state index contributed by atoms with van der Waals surface area (Å²) in [5.74, 6) is 2.25. The van der Waals surface area contributed by atoms with Gasteiger partial charge in [0, 0.05) is 17.8 Å². The summed E-state index contributed by atoms with van der Waals surface area (Å²) in [5, 5.41) is 7.19. The van der Waals surface area contributed by atoms with Crippen LogP contribution in [-0.2, 0) is 11.3 Å². The summed E-state index contributed by atoms with van der Waals surface area (Å²) < 4.78 is 16.1. The molecule has 1 N–H and O–H groups in total. The van der Waals surface area contributed by atoms with Gasteiger partial charge >= 0.3 is 0 Å². The Morgan fingerprint density at radius 1 is 1.19 bits per heavy atom. The molecule has 1 atom stereocenters. The van der Waals surface area contributed by atoms with E-state index in [1.165, 1.54) is 0 Å². The van der Waals surface area contributed by atoms with Crippen LogP contribution < -0.4 is 14.8 Å². The molecule has 1 aromatic heterocycles. The molecule has 0 saturated carbocycles. The van der Waals surface area contributed by atoms with Crippen LogP contribution in [0.15, 0.2) is 47.0 Å². The lowest BCUT2D eigenvalue weighted by Crippen LogP contribution is -2.40. The number of anilines is 1. The molecule has 0 radical (unpaired) electrons. The zero-order chi connectivity index (χ0) is 22.5. The number of aryl methyl sites for hydroxylation is 1. The highest BCUT2D eigenvalue weighted by molar-refractivity contribution is 5.93. The quantitative estimate of drug-likeness (QED) is 0.600. The van der Waals surface area contributed by atoms with Gasteiger partial charge in [0.15, 0.2) is 11.5 Å². The lowest BCUT2D eigenvalue weighted by Gasteiger charge is -2.31. The van der Waals surface area contributed by atoms with Crippen molar-refractivity contribution in [2.75, 3.05) is 32.6 Å². The van der Waals surface area contributed by atoms with Crippen molar-refractivity contribution in [3.05, 3.63) is 53.9 Å². The molecule has 0 spiro atoms. The molecule has 3 aromatic rings. The first-order chi connectivity index (χ1) is 15.6. The van der Waals surface area contributed by atoms with Crippen LogP contribution in [0.3, 0.4) is 0 Å². The van der Waals surface area contributed by atoms with Gasteiger partial charge in [-0.2, -0.15) is 4.98 Å². The molecule has 1 amide bonds. The molecule has 8 nitrogen and oxygen atoms in total. The van der Waals surface area contributed by atoms with E-state index in [0.717, 1.165) is 36.2 Å². The summed E-state index contributed by atoms with van der Waals surface area (Å²) in [6.07, 6.45) is 1.82. The van der Waals surface area contributed by atoms with E-state index in [1.54, 1.807) is 14.2 Å². The van der Waals surface area contributed by atoms with E-state index >= 15 is 0 Å². The Hall–Kier alpha value is -3.39. The van der Waals surface area contributed by atoms with E-state index in [4.69, 9.17) is 14.0 Å². The number of methoxy groups -OCH3 is 2. The third-order valence-corrected chi connectivity index (χ3v) is 5.75. The van der Waals surface area contributed by atoms with E-state index in [-0.39, 0.29) is 11.8 Å². The first-order valence-electron chi connectivity index (χ1n) is 10.7. The standard InChI is InChI=1S/C24H28N4O4/c1-16-7-4-5-9-19(16)25-24(29)18-8-6-12-28(14-18)15-22-26-23(27-32-22)17-10-11-20(30-2)21(13-17)31-3/h4-5,7,9-11,13,18H,6,8,12,14-15H2,1-3H3,(H,25,29)/t18-/m0/s1. The van der Waals surface area contributed by atoms with Crippen molar-refractivity contribution in [3.63, 3.8) is 0 Å². The Morgan fingerprint density at radius 2 is 2.00 bits per heavy atom. The van der Waals surface area contributed by atoms with Crippen LogP contribution in [0, 0.1) is 12.8 Å². The van der Waals surface area contributed by atoms with Crippen molar-refractivity contribution in [3.8, 4) is 22.9 Å². The fraction of sp³-hybridized carbons (Fsp3) is 0.375. The van der Waals surface area contributed by atoms with E-state index in [0.29, 0.717) is 36.3 Å². The fourth-order valence-corrected chi connectivity index (χ4v) is 3.96. The second-order valence-corrected chi connectivity index (χ2v) is 7.96. The predicted molar refractivity (Wildman–Crippen MR) is 121 cm³/mol. The summed E-state index contributed by atoms with van der Waals surface area (Å²) in [7, 11) is 3.18. The average Bonchev–Trinajstić information content (AvgIpc) is 3.28. The Morgan fingerprint density at radius 3 is 2.78 bits per heavy atom. The molecule has 32 heavy (non-hydrogen) atoms. The van der Waals surface area contributed by atoms with Gasteiger partial charge in [0.25, 0.3) is 0 Å². The van der Waals surface area contributed by atoms with Crippen LogP contribution in [0.1, 0.15) is 24.3 Å². The molecular weight excluding hydrogens is 408 g/mol. The minimum absolute atomic E-state index is 0.0561. The third-order valence-electron chi connectivity index (χ3n) is 5.75. The van der Waals surface area contributed by atoms with Crippen LogP contribution in [0.25, 0.3) is 11.4 Å². The van der Waals surface area contributed by atoms with E-state index < -0.39 is 0 Å². The van der Waals surface area contributed by atoms with Crippen LogP contribution >= 0.6 is 0 Å². The molecule has 2 heterocycles. The largest absolute Gasteiger partial charge is 0.493 e. The van der Waals surface area contributed by atoms with Crippen LogP contribution in [-0.4, -0.2) is 48.3 Å². The zero-order valence-electron chi connectivity index (χ0n) is 18.6. The molecule has 0 aliphatic carbocycles. The lowest BCUT2D eigenvalue weighted by atomic mass is 9.97. The number of para-hydroxylation sites is 1. The summed E-state index contributed by atoms with van der Waals surface area (Å²) in [6, 6.07) is 13.3. The highest BCUT2D eigenvalue weighted by Gasteiger charge is 2.27. The summed E-state index contributed by atoms with van der Waals surface area (Å²) in [5.41, 5.74) is 2.71. The molecule has 0 bridgehead atoms. The smallest absolute Gasteiger partial charge is 0.241 e. The number of hydrogen-bond acceptors (Lipinski definition) is 7. The molecule has 8 heteroatoms. The molecule has 1 aliphatic rings. The average molecular weight is 437 g/mol. The van der Waals surface area contributed by atoms with Crippen molar-refractivity contribution in [2.45, 2.75) is 26.3 Å². The van der Waals surface area contributed by atoms with Gasteiger partial charge in [0.2, 0.25) is 17.6 Å². The van der Waals surface area contributed by atoms with E-state index in [9.17, 15) is 4.79 Å². The van der Waals surface area contributed by atoms with Gasteiger partial charge in [-0.15, -0.1) is 0 Å². The van der Waals surface area contributed by atoms with Gasteiger partial charge in [0.05, 0.1) is 26.7 Å². The minimum atomic E-state index is -0.0726. The third kappa shape index (κ3) is 4.91. The minimum Gasteiger partial charge on any atom is -0.493 e. The van der Waals surface area contributed by atoms with Crippen molar-refractivity contribution in [1.29, 1.82) is 0 Å². The summed E-state index contributed by atoms with van der Waals surface area (Å²) in [4.78, 5) is 19.5. The monoisotopic (exact) mass is 436 g/mol. The first kappa shape index (κ1) is 21.8. The maximum atomic E-state index is 12.8. The Kier molecular flexibility index (Phi) is 6.70. The molecule has 2 aromatic carbocycles. The highest BCUT2D eigenvalue weighted by atomic mass is 16.5. The summed E-state index contributed by atoms with van der Waals surface area (Å²) >= 11 is 0. The van der Waals surface area contributed by atoms with Crippen LogP contribution in [0.5, 0.6) is 11.5 Å². The zero-order valence-corrected chi connectivity index (χ0v) is 18.6. The topological polar surface area (TPSA) is 89.7 Å². The van der Waals surface area contributed by atoms with E-state index in [2.05, 4.69) is 20.4 Å². The number of carbonyl (C=O) groups excluding carboxylic acids is 1. The molecule has 168 valence electrons. The number of aromatic nitrogens is 2. The Labute approximate surface area is 187 Å².